The third-order valence-corrected chi connectivity index (χ3v) is 3.28. The number of carbonyl (C=O) groups is 3. The quantitative estimate of drug-likeness (QED) is 0.662. The molecule has 0 spiro atoms. The Balaban J connectivity index is 1.95. The van der Waals surface area contributed by atoms with Gasteiger partial charge in [-0.05, 0) is 37.3 Å². The number of hydrogen-bond acceptors (Lipinski definition) is 4. The maximum Gasteiger partial charge on any atom is 0.338 e. The van der Waals surface area contributed by atoms with Crippen LogP contribution in [0.1, 0.15) is 27.6 Å². The van der Waals surface area contributed by atoms with Crippen molar-refractivity contribution in [1.29, 1.82) is 0 Å². The zero-order chi connectivity index (χ0) is 17.7. The molecule has 5 nitrogen and oxygen atoms in total. The number of ether oxygens (including phenoxy) is 1. The van der Waals surface area contributed by atoms with Gasteiger partial charge in [0.15, 0.2) is 12.4 Å². The Labute approximate surface area is 142 Å². The van der Waals surface area contributed by atoms with Gasteiger partial charge in [-0.3, -0.25) is 9.59 Å². The van der Waals surface area contributed by atoms with E-state index in [0.717, 1.165) is 6.07 Å². The van der Waals surface area contributed by atoms with Gasteiger partial charge in [0.2, 0.25) is 0 Å². The molecular formula is C17H13ClFNO4. The highest BCUT2D eigenvalue weighted by Gasteiger charge is 2.13. The molecular weight excluding hydrogens is 337 g/mol. The number of rotatable bonds is 5. The smallest absolute Gasteiger partial charge is 0.338 e. The molecule has 0 saturated carbocycles. The Bertz CT molecular complexity index is 807. The van der Waals surface area contributed by atoms with E-state index < -0.39 is 24.3 Å². The molecule has 0 fully saturated rings. The lowest BCUT2D eigenvalue weighted by molar-refractivity contribution is -0.119. The number of esters is 1. The Hall–Kier alpha value is -2.73. The second-order valence-corrected chi connectivity index (χ2v) is 5.32. The summed E-state index contributed by atoms with van der Waals surface area (Å²) in [6.45, 7) is 0.782. The minimum atomic E-state index is -0.759. The number of amides is 1. The van der Waals surface area contributed by atoms with E-state index in [-0.39, 0.29) is 22.1 Å². The van der Waals surface area contributed by atoms with Crippen molar-refractivity contribution in [2.45, 2.75) is 6.92 Å². The molecule has 0 atom stereocenters. The van der Waals surface area contributed by atoms with Gasteiger partial charge in [-0.1, -0.05) is 23.7 Å². The first-order valence-electron chi connectivity index (χ1n) is 6.90. The van der Waals surface area contributed by atoms with Crippen molar-refractivity contribution in [3.63, 3.8) is 0 Å². The lowest BCUT2D eigenvalue weighted by Gasteiger charge is -2.08. The second-order valence-electron chi connectivity index (χ2n) is 4.89. The van der Waals surface area contributed by atoms with Crippen molar-refractivity contribution in [2.24, 2.45) is 0 Å². The van der Waals surface area contributed by atoms with E-state index in [1.54, 1.807) is 6.07 Å². The standard InChI is InChI=1S/C17H13ClFNO4/c1-10(21)11-3-2-4-12(7-11)17(23)24-9-16(22)20-15-6-5-13(18)8-14(15)19/h2-8H,9H2,1H3,(H,20,22). The van der Waals surface area contributed by atoms with Gasteiger partial charge in [-0.15, -0.1) is 0 Å². The molecule has 0 bridgehead atoms. The first kappa shape index (κ1) is 17.6. The summed E-state index contributed by atoms with van der Waals surface area (Å²) in [4.78, 5) is 34.9. The molecule has 1 amide bonds. The van der Waals surface area contributed by atoms with Crippen LogP contribution < -0.4 is 5.32 Å². The molecule has 0 radical (unpaired) electrons. The first-order valence-corrected chi connectivity index (χ1v) is 7.27. The third-order valence-electron chi connectivity index (χ3n) is 3.04. The van der Waals surface area contributed by atoms with E-state index in [0.29, 0.717) is 5.56 Å². The first-order chi connectivity index (χ1) is 11.4. The number of carbonyl (C=O) groups excluding carboxylic acids is 3. The van der Waals surface area contributed by atoms with Crippen molar-refractivity contribution in [3.05, 3.63) is 64.4 Å². The van der Waals surface area contributed by atoms with Gasteiger partial charge in [0.05, 0.1) is 11.3 Å². The van der Waals surface area contributed by atoms with Crippen LogP contribution in [-0.2, 0) is 9.53 Å². The lowest BCUT2D eigenvalue weighted by Crippen LogP contribution is -2.21. The van der Waals surface area contributed by atoms with Crippen LogP contribution in [0.5, 0.6) is 0 Å². The maximum absolute atomic E-state index is 13.6. The largest absolute Gasteiger partial charge is 0.452 e. The zero-order valence-electron chi connectivity index (χ0n) is 12.6. The molecule has 0 unspecified atom stereocenters. The molecule has 0 aliphatic carbocycles. The van der Waals surface area contributed by atoms with Crippen LogP contribution in [0.4, 0.5) is 10.1 Å². The van der Waals surface area contributed by atoms with Crippen LogP contribution in [0, 0.1) is 5.82 Å². The highest BCUT2D eigenvalue weighted by Crippen LogP contribution is 2.18. The van der Waals surface area contributed by atoms with E-state index in [2.05, 4.69) is 5.32 Å². The fourth-order valence-electron chi connectivity index (χ4n) is 1.86. The van der Waals surface area contributed by atoms with Gasteiger partial charge in [0, 0.05) is 10.6 Å². The monoisotopic (exact) mass is 349 g/mol. The molecule has 0 aromatic heterocycles. The van der Waals surface area contributed by atoms with Crippen molar-refractivity contribution in [1.82, 2.24) is 0 Å². The summed E-state index contributed by atoms with van der Waals surface area (Å²) >= 11 is 5.61. The number of nitrogens with one attached hydrogen (secondary N) is 1. The SMILES string of the molecule is CC(=O)c1cccc(C(=O)OCC(=O)Nc2ccc(Cl)cc2F)c1. The molecule has 2 rings (SSSR count). The van der Waals surface area contributed by atoms with Gasteiger partial charge in [-0.25, -0.2) is 9.18 Å². The maximum atomic E-state index is 13.6. The van der Waals surface area contributed by atoms with Gasteiger partial charge < -0.3 is 10.1 Å². The number of halogens is 2. The molecule has 0 aliphatic heterocycles. The van der Waals surface area contributed by atoms with Crippen molar-refractivity contribution < 1.29 is 23.5 Å². The summed E-state index contributed by atoms with van der Waals surface area (Å²) in [6, 6.07) is 9.71. The molecule has 0 aliphatic rings. The number of ketones is 1. The normalized spacial score (nSPS) is 10.1. The summed E-state index contributed by atoms with van der Waals surface area (Å²) in [5.41, 5.74) is 0.435. The Kier molecular flexibility index (Phi) is 5.65. The van der Waals surface area contributed by atoms with Crippen LogP contribution >= 0.6 is 11.6 Å². The lowest BCUT2D eigenvalue weighted by atomic mass is 10.1. The van der Waals surface area contributed by atoms with Crippen LogP contribution in [-0.4, -0.2) is 24.3 Å². The summed E-state index contributed by atoms with van der Waals surface area (Å²) < 4.78 is 18.4. The third kappa shape index (κ3) is 4.63. The highest BCUT2D eigenvalue weighted by molar-refractivity contribution is 6.30. The average Bonchev–Trinajstić information content (AvgIpc) is 2.55. The fourth-order valence-corrected chi connectivity index (χ4v) is 2.02. The van der Waals surface area contributed by atoms with Gasteiger partial charge in [-0.2, -0.15) is 0 Å². The minimum absolute atomic E-state index is 0.0703. The number of Topliss-reactive ketones (excluding diaryl/α,β-unsaturated/α-hetero) is 1. The number of hydrogen-bond donors (Lipinski definition) is 1. The van der Waals surface area contributed by atoms with Gasteiger partial charge in [0.25, 0.3) is 5.91 Å². The van der Waals surface area contributed by atoms with E-state index >= 15 is 0 Å². The van der Waals surface area contributed by atoms with Crippen LogP contribution in [0.15, 0.2) is 42.5 Å². The Morgan fingerprint density at radius 3 is 2.50 bits per heavy atom. The number of benzene rings is 2. The summed E-state index contributed by atoms with van der Waals surface area (Å²) in [5.74, 6) is -2.35. The molecule has 2 aromatic rings. The van der Waals surface area contributed by atoms with E-state index in [4.69, 9.17) is 16.3 Å². The molecule has 124 valence electrons. The predicted molar refractivity (Wildman–Crippen MR) is 86.8 cm³/mol. The topological polar surface area (TPSA) is 72.5 Å². The van der Waals surface area contributed by atoms with E-state index in [1.807, 2.05) is 0 Å². The second kappa shape index (κ2) is 7.70. The molecule has 0 saturated heterocycles. The molecule has 7 heteroatoms. The van der Waals surface area contributed by atoms with Crippen LogP contribution in [0.2, 0.25) is 5.02 Å². The minimum Gasteiger partial charge on any atom is -0.452 e. The molecule has 24 heavy (non-hydrogen) atoms. The Morgan fingerprint density at radius 1 is 1.12 bits per heavy atom. The van der Waals surface area contributed by atoms with Crippen LogP contribution in [0.3, 0.4) is 0 Å². The summed E-state index contributed by atoms with van der Waals surface area (Å²) in [6.07, 6.45) is 0. The summed E-state index contributed by atoms with van der Waals surface area (Å²) in [7, 11) is 0. The highest BCUT2D eigenvalue weighted by atomic mass is 35.5. The van der Waals surface area contributed by atoms with Gasteiger partial charge >= 0.3 is 5.97 Å². The van der Waals surface area contributed by atoms with Crippen molar-refractivity contribution >= 4 is 34.9 Å². The van der Waals surface area contributed by atoms with Crippen molar-refractivity contribution in [3.8, 4) is 0 Å². The zero-order valence-corrected chi connectivity index (χ0v) is 13.4. The van der Waals surface area contributed by atoms with Crippen LogP contribution in [0.25, 0.3) is 0 Å². The number of anilines is 1. The average molecular weight is 350 g/mol. The Morgan fingerprint density at radius 2 is 1.83 bits per heavy atom. The summed E-state index contributed by atoms with van der Waals surface area (Å²) in [5, 5.41) is 2.47. The van der Waals surface area contributed by atoms with E-state index in [9.17, 15) is 18.8 Å². The fraction of sp³-hybridized carbons (Fsp3) is 0.118. The molecule has 1 N–H and O–H groups in total. The van der Waals surface area contributed by atoms with Crippen molar-refractivity contribution in [2.75, 3.05) is 11.9 Å². The van der Waals surface area contributed by atoms with E-state index in [1.165, 1.54) is 37.3 Å². The van der Waals surface area contributed by atoms with Gasteiger partial charge in [0.1, 0.15) is 5.82 Å². The molecule has 0 heterocycles. The molecule has 2 aromatic carbocycles. The predicted octanol–water partition coefficient (Wildman–Crippen LogP) is 3.48.